The Morgan fingerprint density at radius 3 is 2.46 bits per heavy atom. The molecule has 0 unspecified atom stereocenters. The number of hydrogen-bond donors (Lipinski definition) is 1. The van der Waals surface area contributed by atoms with Crippen LogP contribution in [0.1, 0.15) is 30.6 Å². The van der Waals surface area contributed by atoms with Gasteiger partial charge in [0.2, 0.25) is 5.91 Å². The molecule has 24 heavy (non-hydrogen) atoms. The molecule has 2 amide bonds. The SMILES string of the molecule is CSCC[C@H](NC(=O)c1ccccc1)C(=O)N1C[C@@H](C)O[C@H](C)C1. The van der Waals surface area contributed by atoms with E-state index in [1.807, 2.05) is 43.2 Å². The Kier molecular flexibility index (Phi) is 7.12. The van der Waals surface area contributed by atoms with Crippen LogP contribution in [-0.2, 0) is 9.53 Å². The van der Waals surface area contributed by atoms with Crippen LogP contribution in [0.25, 0.3) is 0 Å². The first-order valence-electron chi connectivity index (χ1n) is 8.30. The van der Waals surface area contributed by atoms with Crippen molar-refractivity contribution in [3.05, 3.63) is 35.9 Å². The Morgan fingerprint density at radius 1 is 1.25 bits per heavy atom. The van der Waals surface area contributed by atoms with Crippen molar-refractivity contribution in [3.63, 3.8) is 0 Å². The van der Waals surface area contributed by atoms with E-state index in [0.717, 1.165) is 5.75 Å². The molecule has 0 bridgehead atoms. The summed E-state index contributed by atoms with van der Waals surface area (Å²) >= 11 is 1.67. The molecule has 1 aliphatic rings. The number of carbonyl (C=O) groups excluding carboxylic acids is 2. The fraction of sp³-hybridized carbons (Fsp3) is 0.556. The second kappa shape index (κ2) is 9.08. The lowest BCUT2D eigenvalue weighted by molar-refractivity contribution is -0.145. The van der Waals surface area contributed by atoms with Gasteiger partial charge in [-0.05, 0) is 44.4 Å². The van der Waals surface area contributed by atoms with Gasteiger partial charge < -0.3 is 15.0 Å². The summed E-state index contributed by atoms with van der Waals surface area (Å²) in [7, 11) is 0. The molecule has 1 N–H and O–H groups in total. The van der Waals surface area contributed by atoms with Crippen LogP contribution < -0.4 is 5.32 Å². The van der Waals surface area contributed by atoms with E-state index < -0.39 is 6.04 Å². The topological polar surface area (TPSA) is 58.6 Å². The van der Waals surface area contributed by atoms with E-state index in [-0.39, 0.29) is 24.0 Å². The smallest absolute Gasteiger partial charge is 0.251 e. The molecule has 2 rings (SSSR count). The second-order valence-electron chi connectivity index (χ2n) is 6.17. The molecule has 1 fully saturated rings. The zero-order valence-corrected chi connectivity index (χ0v) is 15.3. The van der Waals surface area contributed by atoms with Gasteiger partial charge in [0, 0.05) is 18.7 Å². The third-order valence-corrected chi connectivity index (χ3v) is 4.63. The number of carbonyl (C=O) groups is 2. The molecule has 1 aromatic carbocycles. The van der Waals surface area contributed by atoms with Gasteiger partial charge in [-0.1, -0.05) is 18.2 Å². The summed E-state index contributed by atoms with van der Waals surface area (Å²) in [5, 5.41) is 2.91. The third kappa shape index (κ3) is 5.24. The predicted molar refractivity (Wildman–Crippen MR) is 97.3 cm³/mol. The molecule has 0 aliphatic carbocycles. The average Bonchev–Trinajstić information content (AvgIpc) is 2.57. The van der Waals surface area contributed by atoms with Gasteiger partial charge in [0.15, 0.2) is 0 Å². The van der Waals surface area contributed by atoms with Crippen LogP contribution in [-0.4, -0.2) is 60.1 Å². The van der Waals surface area contributed by atoms with Crippen LogP contribution in [0.15, 0.2) is 30.3 Å². The summed E-state index contributed by atoms with van der Waals surface area (Å²) < 4.78 is 5.69. The molecule has 0 spiro atoms. The highest BCUT2D eigenvalue weighted by Crippen LogP contribution is 2.14. The molecule has 3 atom stereocenters. The van der Waals surface area contributed by atoms with E-state index in [9.17, 15) is 9.59 Å². The fourth-order valence-corrected chi connectivity index (χ4v) is 3.37. The molecule has 0 radical (unpaired) electrons. The van der Waals surface area contributed by atoms with Gasteiger partial charge in [0.1, 0.15) is 6.04 Å². The maximum absolute atomic E-state index is 12.9. The van der Waals surface area contributed by atoms with Crippen LogP contribution in [0.2, 0.25) is 0 Å². The van der Waals surface area contributed by atoms with Gasteiger partial charge in [-0.3, -0.25) is 9.59 Å². The quantitative estimate of drug-likeness (QED) is 0.854. The predicted octanol–water partition coefficient (Wildman–Crippen LogP) is 2.17. The molecule has 1 heterocycles. The summed E-state index contributed by atoms with van der Waals surface area (Å²) in [6.07, 6.45) is 2.66. The number of nitrogens with zero attached hydrogens (tertiary/aromatic N) is 1. The monoisotopic (exact) mass is 350 g/mol. The summed E-state index contributed by atoms with van der Waals surface area (Å²) in [4.78, 5) is 27.1. The summed E-state index contributed by atoms with van der Waals surface area (Å²) in [6, 6.07) is 8.51. The maximum Gasteiger partial charge on any atom is 0.251 e. The molecule has 132 valence electrons. The molecule has 0 aromatic heterocycles. The molecular formula is C18H26N2O3S. The molecule has 1 aliphatic heterocycles. The summed E-state index contributed by atoms with van der Waals surface area (Å²) in [6.45, 7) is 5.07. The van der Waals surface area contributed by atoms with E-state index >= 15 is 0 Å². The van der Waals surface area contributed by atoms with Crippen molar-refractivity contribution in [2.45, 2.75) is 38.5 Å². The molecule has 0 saturated carbocycles. The lowest BCUT2D eigenvalue weighted by atomic mass is 10.1. The highest BCUT2D eigenvalue weighted by Gasteiger charge is 2.31. The van der Waals surface area contributed by atoms with Gasteiger partial charge in [-0.15, -0.1) is 0 Å². The number of morpholine rings is 1. The average molecular weight is 350 g/mol. The van der Waals surface area contributed by atoms with Crippen molar-refractivity contribution in [1.82, 2.24) is 10.2 Å². The van der Waals surface area contributed by atoms with Crippen molar-refractivity contribution in [1.29, 1.82) is 0 Å². The normalized spacial score (nSPS) is 22.0. The Hall–Kier alpha value is -1.53. The van der Waals surface area contributed by atoms with Gasteiger partial charge in [0.05, 0.1) is 12.2 Å². The Morgan fingerprint density at radius 2 is 1.88 bits per heavy atom. The number of nitrogens with one attached hydrogen (secondary N) is 1. The van der Waals surface area contributed by atoms with E-state index in [1.165, 1.54) is 0 Å². The van der Waals surface area contributed by atoms with Crippen molar-refractivity contribution in [2.24, 2.45) is 0 Å². The zero-order valence-electron chi connectivity index (χ0n) is 14.5. The highest BCUT2D eigenvalue weighted by molar-refractivity contribution is 7.98. The van der Waals surface area contributed by atoms with Gasteiger partial charge in [0.25, 0.3) is 5.91 Å². The summed E-state index contributed by atoms with van der Waals surface area (Å²) in [5.41, 5.74) is 0.572. The Bertz CT molecular complexity index is 542. The number of hydrogen-bond acceptors (Lipinski definition) is 4. The van der Waals surface area contributed by atoms with Gasteiger partial charge >= 0.3 is 0 Å². The third-order valence-electron chi connectivity index (χ3n) is 3.98. The van der Waals surface area contributed by atoms with E-state index in [4.69, 9.17) is 4.74 Å². The Balaban J connectivity index is 2.06. The first kappa shape index (κ1) is 18.8. The van der Waals surface area contributed by atoms with Crippen LogP contribution in [0.5, 0.6) is 0 Å². The van der Waals surface area contributed by atoms with Gasteiger partial charge in [-0.25, -0.2) is 0 Å². The van der Waals surface area contributed by atoms with E-state index in [2.05, 4.69) is 5.32 Å². The van der Waals surface area contributed by atoms with Crippen LogP contribution in [0.4, 0.5) is 0 Å². The van der Waals surface area contributed by atoms with E-state index in [1.54, 1.807) is 23.9 Å². The molecule has 1 saturated heterocycles. The summed E-state index contributed by atoms with van der Waals surface area (Å²) in [5.74, 6) is 0.598. The standard InChI is InChI=1S/C18H26N2O3S/c1-13-11-20(12-14(2)23-13)18(22)16(9-10-24-3)19-17(21)15-7-5-4-6-8-15/h4-8,13-14,16H,9-12H2,1-3H3,(H,19,21)/t13-,14-,16+/m1/s1. The zero-order chi connectivity index (χ0) is 17.5. The minimum absolute atomic E-state index is 0.0173. The van der Waals surface area contributed by atoms with Crippen molar-refractivity contribution >= 4 is 23.6 Å². The number of ether oxygens (including phenoxy) is 1. The minimum Gasteiger partial charge on any atom is -0.372 e. The Labute approximate surface area is 148 Å². The molecule has 5 nitrogen and oxygen atoms in total. The number of amides is 2. The maximum atomic E-state index is 12.9. The lowest BCUT2D eigenvalue weighted by Gasteiger charge is -2.37. The van der Waals surface area contributed by atoms with Crippen LogP contribution in [0, 0.1) is 0 Å². The van der Waals surface area contributed by atoms with Crippen molar-refractivity contribution in [2.75, 3.05) is 25.1 Å². The second-order valence-corrected chi connectivity index (χ2v) is 7.16. The first-order valence-corrected chi connectivity index (χ1v) is 9.69. The van der Waals surface area contributed by atoms with E-state index in [0.29, 0.717) is 25.1 Å². The molecular weight excluding hydrogens is 324 g/mol. The first-order chi connectivity index (χ1) is 11.5. The van der Waals surface area contributed by atoms with Crippen molar-refractivity contribution in [3.8, 4) is 0 Å². The largest absolute Gasteiger partial charge is 0.372 e. The number of benzene rings is 1. The van der Waals surface area contributed by atoms with Crippen LogP contribution in [0.3, 0.4) is 0 Å². The fourth-order valence-electron chi connectivity index (χ4n) is 2.90. The van der Waals surface area contributed by atoms with Crippen molar-refractivity contribution < 1.29 is 14.3 Å². The molecule has 6 heteroatoms. The highest BCUT2D eigenvalue weighted by atomic mass is 32.2. The van der Waals surface area contributed by atoms with Gasteiger partial charge in [-0.2, -0.15) is 11.8 Å². The van der Waals surface area contributed by atoms with Crippen LogP contribution >= 0.6 is 11.8 Å². The lowest BCUT2D eigenvalue weighted by Crippen LogP contribution is -2.55. The number of rotatable bonds is 6. The number of thioether (sulfide) groups is 1. The minimum atomic E-state index is -0.498. The molecule has 1 aromatic rings.